The zero-order valence-electron chi connectivity index (χ0n) is 10.3. The highest BCUT2D eigenvalue weighted by atomic mass is 32.2. The van der Waals surface area contributed by atoms with Crippen LogP contribution in [0.2, 0.25) is 0 Å². The average Bonchev–Trinajstić information content (AvgIpc) is 2.70. The molecule has 0 bridgehead atoms. The van der Waals surface area contributed by atoms with Crippen molar-refractivity contribution in [3.63, 3.8) is 0 Å². The topological polar surface area (TPSA) is 55.6 Å². The van der Waals surface area contributed by atoms with Gasteiger partial charge in [-0.15, -0.1) is 0 Å². The molecule has 0 radical (unpaired) electrons. The van der Waals surface area contributed by atoms with Gasteiger partial charge in [0.15, 0.2) is 0 Å². The summed E-state index contributed by atoms with van der Waals surface area (Å²) < 4.78 is 5.24. The van der Waals surface area contributed by atoms with Gasteiger partial charge in [0.05, 0.1) is 19.1 Å². The van der Waals surface area contributed by atoms with E-state index in [1.165, 1.54) is 0 Å². The Morgan fingerprint density at radius 3 is 2.75 bits per heavy atom. The number of hydrogen-bond acceptors (Lipinski definition) is 4. The third-order valence-electron chi connectivity index (χ3n) is 3.17. The summed E-state index contributed by atoms with van der Waals surface area (Å²) in [7, 11) is 1.87. The minimum Gasteiger partial charge on any atom is -0.379 e. The Kier molecular flexibility index (Phi) is 5.58. The van der Waals surface area contributed by atoms with Crippen LogP contribution >= 0.6 is 11.8 Å². The van der Waals surface area contributed by atoms with Gasteiger partial charge in [0, 0.05) is 24.9 Å². The maximum Gasteiger partial charge on any atom is 0.229 e. The summed E-state index contributed by atoms with van der Waals surface area (Å²) in [6.07, 6.45) is 3.04. The molecule has 1 saturated heterocycles. The third kappa shape index (κ3) is 3.12. The number of nitrogens with zero attached hydrogens (tertiary/aromatic N) is 1. The number of thioether (sulfide) groups is 1. The van der Waals surface area contributed by atoms with E-state index in [9.17, 15) is 4.79 Å². The van der Waals surface area contributed by atoms with Crippen LogP contribution in [0.1, 0.15) is 13.3 Å². The summed E-state index contributed by atoms with van der Waals surface area (Å²) in [5, 5.41) is 0. The largest absolute Gasteiger partial charge is 0.379 e. The second-order valence-electron chi connectivity index (χ2n) is 4.27. The predicted molar refractivity (Wildman–Crippen MR) is 67.5 cm³/mol. The maximum atomic E-state index is 12.2. The normalized spacial score (nSPS) is 26.8. The van der Waals surface area contributed by atoms with Crippen LogP contribution in [0.5, 0.6) is 0 Å². The van der Waals surface area contributed by atoms with E-state index in [1.807, 2.05) is 11.9 Å². The number of nitrogens with two attached hydrogens (primary N) is 1. The quantitative estimate of drug-likeness (QED) is 0.770. The lowest BCUT2D eigenvalue weighted by atomic mass is 10.0. The SMILES string of the molecule is CCC(CSC)N(C)C(=O)C1COCC1N. The van der Waals surface area contributed by atoms with E-state index in [0.29, 0.717) is 19.3 Å². The van der Waals surface area contributed by atoms with E-state index in [1.54, 1.807) is 11.8 Å². The van der Waals surface area contributed by atoms with Gasteiger partial charge in [-0.1, -0.05) is 6.92 Å². The van der Waals surface area contributed by atoms with E-state index in [2.05, 4.69) is 13.2 Å². The van der Waals surface area contributed by atoms with Crippen molar-refractivity contribution < 1.29 is 9.53 Å². The molecule has 1 aliphatic heterocycles. The summed E-state index contributed by atoms with van der Waals surface area (Å²) in [4.78, 5) is 14.0. The molecule has 1 aliphatic rings. The van der Waals surface area contributed by atoms with Crippen molar-refractivity contribution in [3.05, 3.63) is 0 Å². The van der Waals surface area contributed by atoms with E-state index in [0.717, 1.165) is 12.2 Å². The van der Waals surface area contributed by atoms with E-state index >= 15 is 0 Å². The Hall–Kier alpha value is -0.260. The number of ether oxygens (including phenoxy) is 1. The van der Waals surface area contributed by atoms with E-state index in [-0.39, 0.29) is 17.9 Å². The van der Waals surface area contributed by atoms with Crippen molar-refractivity contribution in [2.45, 2.75) is 25.4 Å². The van der Waals surface area contributed by atoms with Gasteiger partial charge in [-0.25, -0.2) is 0 Å². The van der Waals surface area contributed by atoms with Crippen molar-refractivity contribution in [1.29, 1.82) is 0 Å². The van der Waals surface area contributed by atoms with Crippen LogP contribution in [-0.4, -0.2) is 55.2 Å². The first-order valence-corrected chi connectivity index (χ1v) is 7.10. The Bertz CT molecular complexity index is 238. The fourth-order valence-electron chi connectivity index (χ4n) is 1.96. The third-order valence-corrected chi connectivity index (χ3v) is 3.89. The minimum absolute atomic E-state index is 0.130. The molecule has 1 amide bonds. The molecule has 0 aromatic heterocycles. The molecule has 4 nitrogen and oxygen atoms in total. The van der Waals surface area contributed by atoms with Gasteiger partial charge in [-0.3, -0.25) is 4.79 Å². The maximum absolute atomic E-state index is 12.2. The van der Waals surface area contributed by atoms with Crippen molar-refractivity contribution in [2.75, 3.05) is 32.3 Å². The second-order valence-corrected chi connectivity index (χ2v) is 5.19. The molecule has 0 aromatic carbocycles. The van der Waals surface area contributed by atoms with Crippen LogP contribution in [0.4, 0.5) is 0 Å². The molecule has 0 spiro atoms. The Labute approximate surface area is 102 Å². The van der Waals surface area contributed by atoms with Crippen LogP contribution in [0.15, 0.2) is 0 Å². The fraction of sp³-hybridized carbons (Fsp3) is 0.909. The molecule has 0 aliphatic carbocycles. The first-order chi connectivity index (χ1) is 7.61. The van der Waals surface area contributed by atoms with Gasteiger partial charge < -0.3 is 15.4 Å². The standard InChI is InChI=1S/C11H22N2O2S/c1-4-8(7-16-3)13(2)11(14)9-5-15-6-10(9)12/h8-10H,4-7,12H2,1-3H3. The smallest absolute Gasteiger partial charge is 0.229 e. The lowest BCUT2D eigenvalue weighted by Gasteiger charge is -2.29. The monoisotopic (exact) mass is 246 g/mol. The highest BCUT2D eigenvalue weighted by Gasteiger charge is 2.34. The van der Waals surface area contributed by atoms with Crippen molar-refractivity contribution in [2.24, 2.45) is 11.7 Å². The molecule has 1 rings (SSSR count). The van der Waals surface area contributed by atoms with Gasteiger partial charge in [0.25, 0.3) is 0 Å². The van der Waals surface area contributed by atoms with E-state index < -0.39 is 0 Å². The molecule has 1 fully saturated rings. The molecule has 94 valence electrons. The van der Waals surface area contributed by atoms with Gasteiger partial charge in [0.1, 0.15) is 0 Å². The Balaban J connectivity index is 2.57. The summed E-state index contributed by atoms with van der Waals surface area (Å²) in [5.74, 6) is 0.952. The number of rotatable bonds is 5. The summed E-state index contributed by atoms with van der Waals surface area (Å²) >= 11 is 1.77. The fourth-order valence-corrected chi connectivity index (χ4v) is 2.81. The van der Waals surface area contributed by atoms with Crippen molar-refractivity contribution >= 4 is 17.7 Å². The average molecular weight is 246 g/mol. The van der Waals surface area contributed by atoms with Crippen molar-refractivity contribution in [1.82, 2.24) is 4.90 Å². The predicted octanol–water partition coefficient (Wildman–Crippen LogP) is 0.560. The lowest BCUT2D eigenvalue weighted by molar-refractivity contribution is -0.136. The second kappa shape index (κ2) is 6.47. The van der Waals surface area contributed by atoms with Crippen LogP contribution < -0.4 is 5.73 Å². The molecule has 1 heterocycles. The zero-order valence-corrected chi connectivity index (χ0v) is 11.1. The van der Waals surface area contributed by atoms with Gasteiger partial charge in [0.2, 0.25) is 5.91 Å². The zero-order chi connectivity index (χ0) is 12.1. The van der Waals surface area contributed by atoms with Gasteiger partial charge in [-0.2, -0.15) is 11.8 Å². The Morgan fingerprint density at radius 2 is 2.31 bits per heavy atom. The molecule has 0 saturated carbocycles. The molecule has 16 heavy (non-hydrogen) atoms. The number of carbonyl (C=O) groups is 1. The first-order valence-electron chi connectivity index (χ1n) is 5.70. The van der Waals surface area contributed by atoms with Crippen LogP contribution in [0.25, 0.3) is 0 Å². The summed E-state index contributed by atoms with van der Waals surface area (Å²) in [6, 6.07) is 0.164. The lowest BCUT2D eigenvalue weighted by Crippen LogP contribution is -2.46. The van der Waals surface area contributed by atoms with Gasteiger partial charge in [-0.05, 0) is 12.7 Å². The summed E-state index contributed by atoms with van der Waals surface area (Å²) in [5.41, 5.74) is 5.86. The van der Waals surface area contributed by atoms with Crippen molar-refractivity contribution in [3.8, 4) is 0 Å². The molecule has 2 N–H and O–H groups in total. The highest BCUT2D eigenvalue weighted by molar-refractivity contribution is 7.98. The van der Waals surface area contributed by atoms with Gasteiger partial charge >= 0.3 is 0 Å². The molecular formula is C11H22N2O2S. The van der Waals surface area contributed by atoms with Crippen LogP contribution in [0, 0.1) is 5.92 Å². The van der Waals surface area contributed by atoms with E-state index in [4.69, 9.17) is 10.5 Å². The molecular weight excluding hydrogens is 224 g/mol. The Morgan fingerprint density at radius 1 is 1.62 bits per heavy atom. The molecule has 3 unspecified atom stereocenters. The first kappa shape index (κ1) is 13.8. The number of hydrogen-bond donors (Lipinski definition) is 1. The highest BCUT2D eigenvalue weighted by Crippen LogP contribution is 2.17. The number of amides is 1. The van der Waals surface area contributed by atoms with Crippen LogP contribution in [-0.2, 0) is 9.53 Å². The molecule has 5 heteroatoms. The number of carbonyl (C=O) groups excluding carboxylic acids is 1. The minimum atomic E-state index is -0.152. The molecule has 0 aromatic rings. The van der Waals surface area contributed by atoms with Crippen LogP contribution in [0.3, 0.4) is 0 Å². The molecule has 3 atom stereocenters. The summed E-state index contributed by atoms with van der Waals surface area (Å²) in [6.45, 7) is 3.08.